The van der Waals surface area contributed by atoms with Gasteiger partial charge in [-0.1, -0.05) is 39.0 Å². The SMILES string of the molecule is CCC1CCCC(C2(O)CCCC2)C1. The van der Waals surface area contributed by atoms with E-state index in [1.165, 1.54) is 44.9 Å². The lowest BCUT2D eigenvalue weighted by molar-refractivity contribution is -0.0358. The predicted molar refractivity (Wildman–Crippen MR) is 59.2 cm³/mol. The number of hydrogen-bond donors (Lipinski definition) is 1. The highest BCUT2D eigenvalue weighted by Crippen LogP contribution is 2.44. The van der Waals surface area contributed by atoms with E-state index in [0.717, 1.165) is 18.8 Å². The fraction of sp³-hybridized carbons (Fsp3) is 1.00. The van der Waals surface area contributed by atoms with E-state index >= 15 is 0 Å². The molecule has 2 saturated carbocycles. The van der Waals surface area contributed by atoms with E-state index in [4.69, 9.17) is 0 Å². The van der Waals surface area contributed by atoms with Gasteiger partial charge in [0.05, 0.1) is 5.60 Å². The summed E-state index contributed by atoms with van der Waals surface area (Å²) in [7, 11) is 0. The molecular weight excluding hydrogens is 172 g/mol. The van der Waals surface area contributed by atoms with E-state index in [2.05, 4.69) is 6.92 Å². The van der Waals surface area contributed by atoms with Gasteiger partial charge in [-0.25, -0.2) is 0 Å². The summed E-state index contributed by atoms with van der Waals surface area (Å²) in [5.74, 6) is 1.53. The third kappa shape index (κ3) is 1.98. The highest BCUT2D eigenvalue weighted by atomic mass is 16.3. The van der Waals surface area contributed by atoms with Gasteiger partial charge < -0.3 is 5.11 Å². The molecule has 82 valence electrons. The zero-order valence-corrected chi connectivity index (χ0v) is 9.47. The quantitative estimate of drug-likeness (QED) is 0.716. The summed E-state index contributed by atoms with van der Waals surface area (Å²) >= 11 is 0. The smallest absolute Gasteiger partial charge is 0.0675 e. The first kappa shape index (κ1) is 10.5. The number of aliphatic hydroxyl groups is 1. The maximum Gasteiger partial charge on any atom is 0.0675 e. The van der Waals surface area contributed by atoms with E-state index in [1.807, 2.05) is 0 Å². The van der Waals surface area contributed by atoms with Gasteiger partial charge in [0.25, 0.3) is 0 Å². The monoisotopic (exact) mass is 196 g/mol. The predicted octanol–water partition coefficient (Wildman–Crippen LogP) is 3.51. The van der Waals surface area contributed by atoms with E-state index in [1.54, 1.807) is 0 Å². The van der Waals surface area contributed by atoms with Gasteiger partial charge in [0.2, 0.25) is 0 Å². The van der Waals surface area contributed by atoms with Gasteiger partial charge in [0, 0.05) is 0 Å². The largest absolute Gasteiger partial charge is 0.390 e. The molecule has 2 aliphatic carbocycles. The Labute approximate surface area is 87.9 Å². The number of hydrogen-bond acceptors (Lipinski definition) is 1. The third-order valence-corrected chi connectivity index (χ3v) is 4.59. The first-order chi connectivity index (χ1) is 6.74. The first-order valence-electron chi connectivity index (χ1n) is 6.47. The van der Waals surface area contributed by atoms with Crippen LogP contribution in [0.15, 0.2) is 0 Å². The second kappa shape index (κ2) is 4.22. The zero-order valence-electron chi connectivity index (χ0n) is 9.47. The van der Waals surface area contributed by atoms with Crippen LogP contribution >= 0.6 is 0 Å². The van der Waals surface area contributed by atoms with Crippen molar-refractivity contribution in [2.75, 3.05) is 0 Å². The molecule has 0 bridgehead atoms. The van der Waals surface area contributed by atoms with Gasteiger partial charge in [-0.2, -0.15) is 0 Å². The van der Waals surface area contributed by atoms with Crippen LogP contribution in [0, 0.1) is 11.8 Å². The Morgan fingerprint density at radius 2 is 1.86 bits per heavy atom. The highest BCUT2D eigenvalue weighted by Gasteiger charge is 2.40. The molecule has 2 aliphatic rings. The average Bonchev–Trinajstić information content (AvgIpc) is 2.67. The van der Waals surface area contributed by atoms with Gasteiger partial charge >= 0.3 is 0 Å². The van der Waals surface area contributed by atoms with Crippen molar-refractivity contribution in [3.05, 3.63) is 0 Å². The molecule has 0 aromatic carbocycles. The number of rotatable bonds is 2. The minimum Gasteiger partial charge on any atom is -0.390 e. The summed E-state index contributed by atoms with van der Waals surface area (Å²) < 4.78 is 0. The van der Waals surface area contributed by atoms with Crippen molar-refractivity contribution < 1.29 is 5.11 Å². The normalized spacial score (nSPS) is 37.3. The fourth-order valence-corrected chi connectivity index (χ4v) is 3.55. The van der Waals surface area contributed by atoms with E-state index in [0.29, 0.717) is 5.92 Å². The minimum atomic E-state index is -0.256. The summed E-state index contributed by atoms with van der Waals surface area (Å²) in [6.45, 7) is 2.30. The maximum atomic E-state index is 10.5. The van der Waals surface area contributed by atoms with Crippen LogP contribution in [-0.2, 0) is 0 Å². The molecule has 14 heavy (non-hydrogen) atoms. The molecule has 0 aliphatic heterocycles. The molecule has 0 radical (unpaired) electrons. The van der Waals surface area contributed by atoms with E-state index in [9.17, 15) is 5.11 Å². The van der Waals surface area contributed by atoms with Gasteiger partial charge in [0.15, 0.2) is 0 Å². The van der Waals surface area contributed by atoms with Crippen LogP contribution in [0.5, 0.6) is 0 Å². The van der Waals surface area contributed by atoms with Gasteiger partial charge in [-0.05, 0) is 37.5 Å². The molecule has 0 spiro atoms. The van der Waals surface area contributed by atoms with Crippen LogP contribution < -0.4 is 0 Å². The molecule has 0 heterocycles. The Kier molecular flexibility index (Phi) is 3.16. The molecule has 2 atom stereocenters. The van der Waals surface area contributed by atoms with Crippen LogP contribution in [0.1, 0.15) is 64.7 Å². The molecule has 2 rings (SSSR count). The average molecular weight is 196 g/mol. The summed E-state index contributed by atoms with van der Waals surface area (Å²) in [6.07, 6.45) is 11.3. The lowest BCUT2D eigenvalue weighted by Crippen LogP contribution is -2.37. The van der Waals surface area contributed by atoms with Crippen LogP contribution in [0.3, 0.4) is 0 Å². The molecule has 0 saturated heterocycles. The van der Waals surface area contributed by atoms with Crippen molar-refractivity contribution in [2.45, 2.75) is 70.3 Å². The Balaban J connectivity index is 1.96. The molecule has 1 N–H and O–H groups in total. The topological polar surface area (TPSA) is 20.2 Å². The minimum absolute atomic E-state index is 0.256. The van der Waals surface area contributed by atoms with Crippen molar-refractivity contribution >= 4 is 0 Å². The molecule has 0 amide bonds. The molecule has 1 nitrogen and oxygen atoms in total. The Morgan fingerprint density at radius 3 is 2.50 bits per heavy atom. The van der Waals surface area contributed by atoms with E-state index in [-0.39, 0.29) is 5.60 Å². The Hall–Kier alpha value is -0.0400. The van der Waals surface area contributed by atoms with Gasteiger partial charge in [-0.15, -0.1) is 0 Å². The van der Waals surface area contributed by atoms with Crippen LogP contribution in [0.4, 0.5) is 0 Å². The first-order valence-corrected chi connectivity index (χ1v) is 6.47. The lowest BCUT2D eigenvalue weighted by atomic mass is 9.71. The zero-order chi connectivity index (χ0) is 10.0. The second-order valence-electron chi connectivity index (χ2n) is 5.45. The molecule has 2 fully saturated rings. The van der Waals surface area contributed by atoms with Crippen molar-refractivity contribution in [1.29, 1.82) is 0 Å². The molecule has 1 heteroatoms. The van der Waals surface area contributed by atoms with Crippen molar-refractivity contribution in [3.63, 3.8) is 0 Å². The Morgan fingerprint density at radius 1 is 1.14 bits per heavy atom. The Bertz CT molecular complexity index is 182. The molecule has 2 unspecified atom stereocenters. The molecule has 0 aromatic heterocycles. The standard InChI is InChI=1S/C13H24O/c1-2-11-6-5-7-12(10-11)13(14)8-3-4-9-13/h11-12,14H,2-10H2,1H3. The van der Waals surface area contributed by atoms with E-state index < -0.39 is 0 Å². The van der Waals surface area contributed by atoms with Gasteiger partial charge in [-0.3, -0.25) is 0 Å². The lowest BCUT2D eigenvalue weighted by Gasteiger charge is -2.38. The van der Waals surface area contributed by atoms with Crippen molar-refractivity contribution in [2.24, 2.45) is 11.8 Å². The summed E-state index contributed by atoms with van der Waals surface area (Å²) in [6, 6.07) is 0. The summed E-state index contributed by atoms with van der Waals surface area (Å²) in [4.78, 5) is 0. The molecular formula is C13H24O. The second-order valence-corrected chi connectivity index (χ2v) is 5.45. The summed E-state index contributed by atoms with van der Waals surface area (Å²) in [5, 5.41) is 10.5. The third-order valence-electron chi connectivity index (χ3n) is 4.59. The highest BCUT2D eigenvalue weighted by molar-refractivity contribution is 4.93. The van der Waals surface area contributed by atoms with Crippen LogP contribution in [-0.4, -0.2) is 10.7 Å². The summed E-state index contributed by atoms with van der Waals surface area (Å²) in [5.41, 5.74) is -0.256. The fourth-order valence-electron chi connectivity index (χ4n) is 3.55. The van der Waals surface area contributed by atoms with Crippen molar-refractivity contribution in [3.8, 4) is 0 Å². The molecule has 0 aromatic rings. The maximum absolute atomic E-state index is 10.5. The van der Waals surface area contributed by atoms with Crippen molar-refractivity contribution in [1.82, 2.24) is 0 Å². The van der Waals surface area contributed by atoms with Crippen LogP contribution in [0.2, 0.25) is 0 Å². The van der Waals surface area contributed by atoms with Crippen LogP contribution in [0.25, 0.3) is 0 Å². The van der Waals surface area contributed by atoms with Gasteiger partial charge in [0.1, 0.15) is 0 Å².